The largest absolute Gasteiger partial charge is 0.384 e. The van der Waals surface area contributed by atoms with Gasteiger partial charge in [0.05, 0.1) is 18.4 Å². The van der Waals surface area contributed by atoms with E-state index in [2.05, 4.69) is 14.7 Å². The van der Waals surface area contributed by atoms with Gasteiger partial charge in [-0.05, 0) is 18.5 Å². The number of aryl methyl sites for hydroxylation is 1. The fourth-order valence-corrected chi connectivity index (χ4v) is 1.46. The standard InChI is InChI=1S/C7H9N5S/c1-5-2-9-12(7(5)8)3-6-4-13-11-10-6/h2,4H,3,8H2,1H3. The van der Waals surface area contributed by atoms with Crippen molar-refractivity contribution in [3.63, 3.8) is 0 Å². The molecule has 0 amide bonds. The Bertz CT molecular complexity index is 391. The van der Waals surface area contributed by atoms with Gasteiger partial charge in [0.25, 0.3) is 0 Å². The van der Waals surface area contributed by atoms with Crippen LogP contribution in [0.3, 0.4) is 0 Å². The molecule has 0 atom stereocenters. The van der Waals surface area contributed by atoms with Crippen molar-refractivity contribution < 1.29 is 0 Å². The van der Waals surface area contributed by atoms with Crippen LogP contribution >= 0.6 is 11.5 Å². The minimum absolute atomic E-state index is 0.593. The quantitative estimate of drug-likeness (QED) is 0.764. The second-order valence-electron chi connectivity index (χ2n) is 2.77. The van der Waals surface area contributed by atoms with Crippen LogP contribution in [0.25, 0.3) is 0 Å². The normalized spacial score (nSPS) is 10.5. The van der Waals surface area contributed by atoms with Gasteiger partial charge >= 0.3 is 0 Å². The van der Waals surface area contributed by atoms with Crippen LogP contribution in [-0.4, -0.2) is 19.4 Å². The highest BCUT2D eigenvalue weighted by Crippen LogP contribution is 2.10. The van der Waals surface area contributed by atoms with Crippen LogP contribution in [-0.2, 0) is 6.54 Å². The molecule has 5 nitrogen and oxygen atoms in total. The molecule has 6 heteroatoms. The topological polar surface area (TPSA) is 69.6 Å². The fraction of sp³-hybridized carbons (Fsp3) is 0.286. The Kier molecular flexibility index (Phi) is 1.97. The molecule has 2 heterocycles. The van der Waals surface area contributed by atoms with E-state index in [1.54, 1.807) is 10.9 Å². The number of rotatable bonds is 2. The van der Waals surface area contributed by atoms with Gasteiger partial charge in [0.2, 0.25) is 0 Å². The van der Waals surface area contributed by atoms with Gasteiger partial charge in [-0.25, -0.2) is 4.68 Å². The maximum absolute atomic E-state index is 5.77. The van der Waals surface area contributed by atoms with Gasteiger partial charge < -0.3 is 5.73 Å². The van der Waals surface area contributed by atoms with Crippen molar-refractivity contribution in [1.29, 1.82) is 0 Å². The molecule has 0 aliphatic carbocycles. The van der Waals surface area contributed by atoms with Crippen molar-refractivity contribution in [2.24, 2.45) is 0 Å². The Morgan fingerprint density at radius 3 is 3.00 bits per heavy atom. The smallest absolute Gasteiger partial charge is 0.125 e. The SMILES string of the molecule is Cc1cnn(Cc2csnn2)c1N. The lowest BCUT2D eigenvalue weighted by Gasteiger charge is -2.00. The van der Waals surface area contributed by atoms with E-state index in [-0.39, 0.29) is 0 Å². The molecule has 0 bridgehead atoms. The number of anilines is 1. The highest BCUT2D eigenvalue weighted by atomic mass is 32.1. The monoisotopic (exact) mass is 195 g/mol. The van der Waals surface area contributed by atoms with Crippen LogP contribution in [0.2, 0.25) is 0 Å². The molecule has 0 saturated heterocycles. The summed E-state index contributed by atoms with van der Waals surface area (Å²) >= 11 is 1.33. The summed E-state index contributed by atoms with van der Waals surface area (Å²) < 4.78 is 5.48. The fourth-order valence-electron chi connectivity index (χ4n) is 1.02. The number of nitrogens with two attached hydrogens (primary N) is 1. The van der Waals surface area contributed by atoms with Gasteiger partial charge in [-0.2, -0.15) is 5.10 Å². The average Bonchev–Trinajstić information content (AvgIpc) is 2.71. The van der Waals surface area contributed by atoms with Crippen molar-refractivity contribution in [3.8, 4) is 0 Å². The zero-order valence-corrected chi connectivity index (χ0v) is 7.95. The van der Waals surface area contributed by atoms with Crippen molar-refractivity contribution in [2.75, 3.05) is 5.73 Å². The molecule has 0 radical (unpaired) electrons. The van der Waals surface area contributed by atoms with E-state index >= 15 is 0 Å². The summed E-state index contributed by atoms with van der Waals surface area (Å²) in [7, 11) is 0. The third kappa shape index (κ3) is 1.52. The maximum atomic E-state index is 5.77. The third-order valence-corrected chi connectivity index (χ3v) is 2.34. The Hall–Kier alpha value is -1.43. The van der Waals surface area contributed by atoms with Crippen molar-refractivity contribution in [1.82, 2.24) is 19.4 Å². The van der Waals surface area contributed by atoms with Crippen LogP contribution in [0.5, 0.6) is 0 Å². The molecular formula is C7H9N5S. The van der Waals surface area contributed by atoms with Crippen molar-refractivity contribution in [2.45, 2.75) is 13.5 Å². The highest BCUT2D eigenvalue weighted by molar-refractivity contribution is 7.03. The number of nitrogens with zero attached hydrogens (tertiary/aromatic N) is 4. The predicted octanol–water partition coefficient (Wildman–Crippen LogP) is 0.674. The van der Waals surface area contributed by atoms with E-state index in [4.69, 9.17) is 5.73 Å². The van der Waals surface area contributed by atoms with E-state index in [0.29, 0.717) is 12.4 Å². The van der Waals surface area contributed by atoms with Crippen LogP contribution in [0.15, 0.2) is 11.6 Å². The van der Waals surface area contributed by atoms with Gasteiger partial charge in [0, 0.05) is 10.9 Å². The summed E-state index contributed by atoms with van der Waals surface area (Å²) in [4.78, 5) is 0. The van der Waals surface area contributed by atoms with Crippen molar-refractivity contribution >= 4 is 17.4 Å². The lowest BCUT2D eigenvalue weighted by atomic mass is 10.4. The summed E-state index contributed by atoms with van der Waals surface area (Å²) in [5, 5.41) is 9.92. The number of aromatic nitrogens is 4. The van der Waals surface area contributed by atoms with E-state index in [1.807, 2.05) is 12.3 Å². The molecule has 68 valence electrons. The number of nitrogen functional groups attached to an aromatic ring is 1. The zero-order valence-electron chi connectivity index (χ0n) is 7.14. The highest BCUT2D eigenvalue weighted by Gasteiger charge is 2.04. The summed E-state index contributed by atoms with van der Waals surface area (Å²) in [6, 6.07) is 0. The first-order chi connectivity index (χ1) is 6.27. The molecule has 0 fully saturated rings. The first-order valence-electron chi connectivity index (χ1n) is 3.81. The predicted molar refractivity (Wildman–Crippen MR) is 50.4 cm³/mol. The van der Waals surface area contributed by atoms with Gasteiger partial charge in [0.1, 0.15) is 5.82 Å². The molecule has 0 aliphatic heterocycles. The Labute approximate surface area is 79.4 Å². The molecule has 0 saturated carbocycles. The van der Waals surface area contributed by atoms with Gasteiger partial charge in [-0.3, -0.25) is 0 Å². The molecule has 0 unspecified atom stereocenters. The molecule has 0 aliphatic rings. The molecule has 2 rings (SSSR count). The van der Waals surface area contributed by atoms with Gasteiger partial charge in [-0.1, -0.05) is 4.49 Å². The summed E-state index contributed by atoms with van der Waals surface area (Å²) in [6.45, 7) is 2.52. The van der Waals surface area contributed by atoms with E-state index in [0.717, 1.165) is 11.3 Å². The Morgan fingerprint density at radius 1 is 1.62 bits per heavy atom. The number of hydrogen-bond acceptors (Lipinski definition) is 5. The maximum Gasteiger partial charge on any atom is 0.125 e. The lowest BCUT2D eigenvalue weighted by molar-refractivity contribution is 0.680. The van der Waals surface area contributed by atoms with Crippen LogP contribution in [0, 0.1) is 6.92 Å². The molecule has 0 spiro atoms. The Morgan fingerprint density at radius 2 is 2.46 bits per heavy atom. The average molecular weight is 195 g/mol. The number of hydrogen-bond donors (Lipinski definition) is 1. The summed E-state index contributed by atoms with van der Waals surface area (Å²) in [6.07, 6.45) is 1.75. The molecular weight excluding hydrogens is 186 g/mol. The van der Waals surface area contributed by atoms with Crippen LogP contribution in [0.1, 0.15) is 11.3 Å². The minimum Gasteiger partial charge on any atom is -0.384 e. The Balaban J connectivity index is 2.24. The van der Waals surface area contributed by atoms with Crippen molar-refractivity contribution in [3.05, 3.63) is 22.8 Å². The molecule has 13 heavy (non-hydrogen) atoms. The summed E-state index contributed by atoms with van der Waals surface area (Å²) in [5.41, 5.74) is 7.65. The zero-order chi connectivity index (χ0) is 9.26. The molecule has 0 aromatic carbocycles. The molecule has 2 N–H and O–H groups in total. The molecule has 2 aromatic rings. The van der Waals surface area contributed by atoms with E-state index in [1.165, 1.54) is 11.5 Å². The lowest BCUT2D eigenvalue weighted by Crippen LogP contribution is -2.06. The van der Waals surface area contributed by atoms with Gasteiger partial charge in [0.15, 0.2) is 0 Å². The first kappa shape index (κ1) is 8.18. The van der Waals surface area contributed by atoms with E-state index in [9.17, 15) is 0 Å². The van der Waals surface area contributed by atoms with Crippen LogP contribution in [0.4, 0.5) is 5.82 Å². The van der Waals surface area contributed by atoms with E-state index < -0.39 is 0 Å². The minimum atomic E-state index is 0.593. The van der Waals surface area contributed by atoms with Crippen LogP contribution < -0.4 is 5.73 Å². The summed E-state index contributed by atoms with van der Waals surface area (Å²) in [5.74, 6) is 0.688. The second-order valence-corrected chi connectivity index (χ2v) is 3.38. The second kappa shape index (κ2) is 3.14. The third-order valence-electron chi connectivity index (χ3n) is 1.79. The van der Waals surface area contributed by atoms with Gasteiger partial charge in [-0.15, -0.1) is 5.10 Å². The molecule has 2 aromatic heterocycles. The first-order valence-corrected chi connectivity index (χ1v) is 4.65.